The monoisotopic (exact) mass is 239 g/mol. The van der Waals surface area contributed by atoms with Crippen LogP contribution in [-0.2, 0) is 6.54 Å². The Morgan fingerprint density at radius 1 is 1.19 bits per heavy atom. The second-order valence-electron chi connectivity index (χ2n) is 5.37. The summed E-state index contributed by atoms with van der Waals surface area (Å²) in [5, 5.41) is 4.30. The SMILES string of the molecule is CC(C)C(C)(C)CNCc1ccc(Cl)cc1. The van der Waals surface area contributed by atoms with Crippen LogP contribution >= 0.6 is 11.6 Å². The number of nitrogens with one attached hydrogen (secondary N) is 1. The minimum Gasteiger partial charge on any atom is -0.312 e. The highest BCUT2D eigenvalue weighted by molar-refractivity contribution is 6.30. The maximum atomic E-state index is 5.84. The van der Waals surface area contributed by atoms with Gasteiger partial charge in [-0.2, -0.15) is 0 Å². The number of halogens is 1. The molecule has 1 aromatic carbocycles. The minimum atomic E-state index is 0.340. The number of hydrogen-bond acceptors (Lipinski definition) is 1. The second-order valence-corrected chi connectivity index (χ2v) is 5.81. The third-order valence-corrected chi connectivity index (χ3v) is 3.64. The maximum Gasteiger partial charge on any atom is 0.0406 e. The molecule has 1 rings (SSSR count). The van der Waals surface area contributed by atoms with Crippen molar-refractivity contribution >= 4 is 11.6 Å². The first-order chi connectivity index (χ1) is 7.42. The maximum absolute atomic E-state index is 5.84. The molecule has 2 heteroatoms. The van der Waals surface area contributed by atoms with E-state index in [0.29, 0.717) is 11.3 Å². The van der Waals surface area contributed by atoms with Crippen molar-refractivity contribution in [3.8, 4) is 0 Å². The van der Waals surface area contributed by atoms with Crippen LogP contribution in [0.5, 0.6) is 0 Å². The van der Waals surface area contributed by atoms with Crippen LogP contribution in [0.25, 0.3) is 0 Å². The van der Waals surface area contributed by atoms with Crippen LogP contribution in [-0.4, -0.2) is 6.54 Å². The average molecular weight is 240 g/mol. The first-order valence-corrected chi connectivity index (χ1v) is 6.25. The Hall–Kier alpha value is -0.530. The van der Waals surface area contributed by atoms with Gasteiger partial charge >= 0.3 is 0 Å². The van der Waals surface area contributed by atoms with Gasteiger partial charge in [-0.1, -0.05) is 51.4 Å². The van der Waals surface area contributed by atoms with E-state index in [0.717, 1.165) is 18.1 Å². The van der Waals surface area contributed by atoms with Crippen molar-refractivity contribution in [2.75, 3.05) is 6.54 Å². The smallest absolute Gasteiger partial charge is 0.0406 e. The first kappa shape index (κ1) is 13.5. The molecule has 0 heterocycles. The Morgan fingerprint density at radius 2 is 1.75 bits per heavy atom. The summed E-state index contributed by atoms with van der Waals surface area (Å²) in [4.78, 5) is 0. The van der Waals surface area contributed by atoms with Crippen LogP contribution in [0.4, 0.5) is 0 Å². The molecule has 16 heavy (non-hydrogen) atoms. The van der Waals surface area contributed by atoms with Gasteiger partial charge in [0.1, 0.15) is 0 Å². The molecular weight excluding hydrogens is 218 g/mol. The van der Waals surface area contributed by atoms with Gasteiger partial charge in [-0.05, 0) is 29.0 Å². The molecule has 0 saturated carbocycles. The predicted octanol–water partition coefficient (Wildman–Crippen LogP) is 4.11. The van der Waals surface area contributed by atoms with Gasteiger partial charge in [-0.25, -0.2) is 0 Å². The zero-order valence-electron chi connectivity index (χ0n) is 10.7. The molecule has 0 aliphatic rings. The lowest BCUT2D eigenvalue weighted by Crippen LogP contribution is -2.33. The van der Waals surface area contributed by atoms with E-state index < -0.39 is 0 Å². The fourth-order valence-corrected chi connectivity index (χ4v) is 1.46. The second kappa shape index (κ2) is 5.70. The number of benzene rings is 1. The Bertz CT molecular complexity index is 314. The Labute approximate surface area is 104 Å². The molecule has 1 aromatic rings. The quantitative estimate of drug-likeness (QED) is 0.816. The van der Waals surface area contributed by atoms with Gasteiger partial charge in [0.15, 0.2) is 0 Å². The summed E-state index contributed by atoms with van der Waals surface area (Å²) in [5.74, 6) is 0.685. The van der Waals surface area contributed by atoms with Crippen molar-refractivity contribution in [1.82, 2.24) is 5.32 Å². The van der Waals surface area contributed by atoms with Gasteiger partial charge < -0.3 is 5.32 Å². The Morgan fingerprint density at radius 3 is 2.25 bits per heavy atom. The molecule has 0 spiro atoms. The van der Waals surface area contributed by atoms with E-state index >= 15 is 0 Å². The van der Waals surface area contributed by atoms with Gasteiger partial charge in [-0.15, -0.1) is 0 Å². The molecule has 1 N–H and O–H groups in total. The Kier molecular flexibility index (Phi) is 4.82. The molecule has 0 amide bonds. The molecule has 0 bridgehead atoms. The van der Waals surface area contributed by atoms with E-state index in [1.165, 1.54) is 5.56 Å². The lowest BCUT2D eigenvalue weighted by molar-refractivity contribution is 0.238. The molecule has 90 valence electrons. The van der Waals surface area contributed by atoms with Crippen molar-refractivity contribution in [2.24, 2.45) is 11.3 Å². The summed E-state index contributed by atoms with van der Waals surface area (Å²) >= 11 is 5.84. The summed E-state index contributed by atoms with van der Waals surface area (Å²) in [7, 11) is 0. The van der Waals surface area contributed by atoms with E-state index in [4.69, 9.17) is 11.6 Å². The topological polar surface area (TPSA) is 12.0 Å². The summed E-state index contributed by atoms with van der Waals surface area (Å²) < 4.78 is 0. The normalized spacial score (nSPS) is 12.1. The van der Waals surface area contributed by atoms with Crippen molar-refractivity contribution in [3.63, 3.8) is 0 Å². The van der Waals surface area contributed by atoms with Crippen LogP contribution < -0.4 is 5.32 Å². The third kappa shape index (κ3) is 4.15. The van der Waals surface area contributed by atoms with Gasteiger partial charge in [0.05, 0.1) is 0 Å². The average Bonchev–Trinajstić information content (AvgIpc) is 2.20. The highest BCUT2D eigenvalue weighted by Crippen LogP contribution is 2.24. The van der Waals surface area contributed by atoms with Crippen molar-refractivity contribution in [3.05, 3.63) is 34.9 Å². The molecule has 0 radical (unpaired) electrons. The Balaban J connectivity index is 2.39. The summed E-state index contributed by atoms with van der Waals surface area (Å²) in [6.45, 7) is 11.1. The van der Waals surface area contributed by atoms with E-state index in [1.807, 2.05) is 12.1 Å². The van der Waals surface area contributed by atoms with Crippen molar-refractivity contribution < 1.29 is 0 Å². The van der Waals surface area contributed by atoms with E-state index in [1.54, 1.807) is 0 Å². The molecule has 0 fully saturated rings. The highest BCUT2D eigenvalue weighted by Gasteiger charge is 2.21. The van der Waals surface area contributed by atoms with Crippen molar-refractivity contribution in [1.29, 1.82) is 0 Å². The standard InChI is InChI=1S/C14H22ClN/c1-11(2)14(3,4)10-16-9-12-5-7-13(15)8-6-12/h5-8,11,16H,9-10H2,1-4H3. The van der Waals surface area contributed by atoms with Gasteiger partial charge in [-0.3, -0.25) is 0 Å². The number of hydrogen-bond donors (Lipinski definition) is 1. The van der Waals surface area contributed by atoms with Crippen molar-refractivity contribution in [2.45, 2.75) is 34.2 Å². The van der Waals surface area contributed by atoms with Crippen LogP contribution in [0.2, 0.25) is 5.02 Å². The third-order valence-electron chi connectivity index (χ3n) is 3.39. The zero-order valence-corrected chi connectivity index (χ0v) is 11.4. The first-order valence-electron chi connectivity index (χ1n) is 5.87. The van der Waals surface area contributed by atoms with Gasteiger partial charge in [0.2, 0.25) is 0 Å². The van der Waals surface area contributed by atoms with E-state index in [2.05, 4.69) is 45.1 Å². The van der Waals surface area contributed by atoms with Gasteiger partial charge in [0, 0.05) is 18.1 Å². The molecule has 0 aromatic heterocycles. The van der Waals surface area contributed by atoms with Crippen LogP contribution in [0, 0.1) is 11.3 Å². The lowest BCUT2D eigenvalue weighted by Gasteiger charge is -2.29. The predicted molar refractivity (Wildman–Crippen MR) is 71.8 cm³/mol. The fourth-order valence-electron chi connectivity index (χ4n) is 1.34. The van der Waals surface area contributed by atoms with Crippen LogP contribution in [0.15, 0.2) is 24.3 Å². The summed E-state index contributed by atoms with van der Waals surface area (Å²) in [5.41, 5.74) is 1.62. The van der Waals surface area contributed by atoms with Crippen LogP contribution in [0.3, 0.4) is 0 Å². The van der Waals surface area contributed by atoms with E-state index in [9.17, 15) is 0 Å². The highest BCUT2D eigenvalue weighted by atomic mass is 35.5. The summed E-state index contributed by atoms with van der Waals surface area (Å²) in [6.07, 6.45) is 0. The number of rotatable bonds is 5. The molecule has 0 aliphatic heterocycles. The largest absolute Gasteiger partial charge is 0.312 e. The van der Waals surface area contributed by atoms with E-state index in [-0.39, 0.29) is 0 Å². The molecule has 0 aliphatic carbocycles. The molecule has 0 saturated heterocycles. The van der Waals surface area contributed by atoms with Gasteiger partial charge in [0.25, 0.3) is 0 Å². The molecular formula is C14H22ClN. The minimum absolute atomic E-state index is 0.340. The van der Waals surface area contributed by atoms with Crippen LogP contribution in [0.1, 0.15) is 33.3 Å². The molecule has 1 nitrogen and oxygen atoms in total. The zero-order chi connectivity index (χ0) is 12.2. The molecule has 0 unspecified atom stereocenters. The fraction of sp³-hybridized carbons (Fsp3) is 0.571. The summed E-state index contributed by atoms with van der Waals surface area (Å²) in [6, 6.07) is 8.01. The lowest BCUT2D eigenvalue weighted by atomic mass is 9.81. The molecule has 0 atom stereocenters.